The van der Waals surface area contributed by atoms with Crippen LogP contribution in [0, 0.1) is 0 Å². The van der Waals surface area contributed by atoms with Gasteiger partial charge in [-0.3, -0.25) is 0 Å². The van der Waals surface area contributed by atoms with E-state index in [2.05, 4.69) is 0 Å². The van der Waals surface area contributed by atoms with E-state index >= 15 is 0 Å². The van der Waals surface area contributed by atoms with Gasteiger partial charge in [0.05, 0.1) is 24.0 Å². The van der Waals surface area contributed by atoms with Crippen LogP contribution in [0.1, 0.15) is 41.5 Å². The zero-order chi connectivity index (χ0) is 20.9. The molecule has 0 atom stereocenters. The summed E-state index contributed by atoms with van der Waals surface area (Å²) in [5.74, 6) is 2.93. The molecule has 0 unspecified atom stereocenters. The first-order chi connectivity index (χ1) is 13.0. The molecule has 28 heavy (non-hydrogen) atoms. The molecule has 2 aromatic rings. The van der Waals surface area contributed by atoms with Crippen LogP contribution in [0.5, 0.6) is 23.0 Å². The van der Waals surface area contributed by atoms with Crippen LogP contribution in [0.15, 0.2) is 46.2 Å². The van der Waals surface area contributed by atoms with Crippen molar-refractivity contribution in [3.8, 4) is 23.0 Å². The minimum absolute atomic E-state index is 0.300. The highest BCUT2D eigenvalue weighted by Crippen LogP contribution is 2.49. The Hall–Kier alpha value is -1.66. The predicted octanol–water partition coefficient (Wildman–Crippen LogP) is 6.86. The van der Waals surface area contributed by atoms with Crippen molar-refractivity contribution in [1.82, 2.24) is 0 Å². The van der Waals surface area contributed by atoms with Crippen molar-refractivity contribution in [2.24, 2.45) is 0 Å². The van der Waals surface area contributed by atoms with Crippen molar-refractivity contribution in [2.75, 3.05) is 14.2 Å². The summed E-state index contributed by atoms with van der Waals surface area (Å²) in [5, 5.41) is 0. The molecule has 2 rings (SSSR count). The highest BCUT2D eigenvalue weighted by molar-refractivity contribution is 8.76. The summed E-state index contributed by atoms with van der Waals surface area (Å²) < 4.78 is 23.4. The minimum atomic E-state index is -0.300. The fourth-order valence-corrected chi connectivity index (χ4v) is 4.73. The third kappa shape index (κ3) is 6.45. The maximum absolute atomic E-state index is 6.04. The lowest BCUT2D eigenvalue weighted by atomic mass is 10.2. The van der Waals surface area contributed by atoms with E-state index in [-0.39, 0.29) is 11.2 Å². The van der Waals surface area contributed by atoms with Crippen LogP contribution in [-0.4, -0.2) is 25.4 Å². The Labute approximate surface area is 176 Å². The van der Waals surface area contributed by atoms with Crippen LogP contribution >= 0.6 is 21.6 Å². The van der Waals surface area contributed by atoms with Gasteiger partial charge in [-0.15, -0.1) is 0 Å². The molecule has 0 aliphatic carbocycles. The first kappa shape index (κ1) is 22.6. The molecule has 0 aliphatic rings. The van der Waals surface area contributed by atoms with Gasteiger partial charge >= 0.3 is 0 Å². The van der Waals surface area contributed by atoms with Gasteiger partial charge in [0.2, 0.25) is 0 Å². The Kier molecular flexibility index (Phi) is 7.46. The Morgan fingerprint density at radius 1 is 0.607 bits per heavy atom. The quantitative estimate of drug-likeness (QED) is 0.454. The zero-order valence-electron chi connectivity index (χ0n) is 17.9. The normalized spacial score (nSPS) is 11.9. The first-order valence-corrected chi connectivity index (χ1v) is 11.3. The maximum Gasteiger partial charge on any atom is 0.175 e. The number of benzene rings is 2. The second kappa shape index (κ2) is 9.23. The number of rotatable bonds is 7. The predicted molar refractivity (Wildman–Crippen MR) is 118 cm³/mol. The maximum atomic E-state index is 6.04. The van der Waals surface area contributed by atoms with Gasteiger partial charge < -0.3 is 18.9 Å². The lowest BCUT2D eigenvalue weighted by Gasteiger charge is -2.24. The highest BCUT2D eigenvalue weighted by Gasteiger charge is 2.20. The second-order valence-electron chi connectivity index (χ2n) is 8.17. The van der Waals surface area contributed by atoms with Crippen LogP contribution in [-0.2, 0) is 0 Å². The number of ether oxygens (including phenoxy) is 4. The summed E-state index contributed by atoms with van der Waals surface area (Å²) in [4.78, 5) is 1.97. The third-order valence-corrected chi connectivity index (χ3v) is 5.76. The standard InChI is InChI=1S/C22H30O4S2/c1-21(2,3)25-15-11-9-13-17(19(15)23-7)27-28-18-14-10-12-16(20(18)24-8)26-22(4,5)6/h9-14H,1-8H3. The molecule has 0 aromatic heterocycles. The molecule has 6 heteroatoms. The molecule has 0 radical (unpaired) electrons. The van der Waals surface area contributed by atoms with Crippen LogP contribution in [0.3, 0.4) is 0 Å². The molecule has 2 aromatic carbocycles. The van der Waals surface area contributed by atoms with E-state index in [9.17, 15) is 0 Å². The summed E-state index contributed by atoms with van der Waals surface area (Å²) in [6.07, 6.45) is 0. The Morgan fingerprint density at radius 2 is 0.964 bits per heavy atom. The SMILES string of the molecule is COc1c(OC(C)(C)C)cccc1SSc1cccc(OC(C)(C)C)c1OC. The van der Waals surface area contributed by atoms with Gasteiger partial charge in [0, 0.05) is 0 Å². The monoisotopic (exact) mass is 422 g/mol. The van der Waals surface area contributed by atoms with Gasteiger partial charge in [-0.2, -0.15) is 0 Å². The summed E-state index contributed by atoms with van der Waals surface area (Å²) >= 11 is 0. The van der Waals surface area contributed by atoms with Gasteiger partial charge in [0.15, 0.2) is 23.0 Å². The fourth-order valence-electron chi connectivity index (χ4n) is 2.44. The summed E-state index contributed by atoms with van der Waals surface area (Å²) in [6, 6.07) is 11.8. The summed E-state index contributed by atoms with van der Waals surface area (Å²) in [6.45, 7) is 12.1. The molecule has 0 amide bonds. The number of hydrogen-bond donors (Lipinski definition) is 0. The molecular formula is C22H30O4S2. The number of para-hydroxylation sites is 2. The molecular weight excluding hydrogens is 392 g/mol. The smallest absolute Gasteiger partial charge is 0.175 e. The van der Waals surface area contributed by atoms with Crippen LogP contribution < -0.4 is 18.9 Å². The molecule has 0 saturated carbocycles. The van der Waals surface area contributed by atoms with Crippen molar-refractivity contribution in [3.63, 3.8) is 0 Å². The van der Waals surface area contributed by atoms with E-state index < -0.39 is 0 Å². The van der Waals surface area contributed by atoms with Crippen LogP contribution in [0.4, 0.5) is 0 Å². The van der Waals surface area contributed by atoms with Gasteiger partial charge in [0.25, 0.3) is 0 Å². The van der Waals surface area contributed by atoms with E-state index in [0.717, 1.165) is 32.8 Å². The average Bonchev–Trinajstić information content (AvgIpc) is 2.57. The van der Waals surface area contributed by atoms with Gasteiger partial charge in [-0.05, 0) is 87.4 Å². The number of methoxy groups -OCH3 is 2. The van der Waals surface area contributed by atoms with Crippen molar-refractivity contribution in [3.05, 3.63) is 36.4 Å². The lowest BCUT2D eigenvalue weighted by Crippen LogP contribution is -2.23. The molecule has 4 nitrogen and oxygen atoms in total. The first-order valence-electron chi connectivity index (χ1n) is 9.10. The van der Waals surface area contributed by atoms with Crippen molar-refractivity contribution in [2.45, 2.75) is 62.5 Å². The largest absolute Gasteiger partial charge is 0.492 e. The molecule has 0 N–H and O–H groups in total. The van der Waals surface area contributed by atoms with Crippen molar-refractivity contribution in [1.29, 1.82) is 0 Å². The Bertz CT molecular complexity index is 725. The summed E-state index contributed by atoms with van der Waals surface area (Å²) in [5.41, 5.74) is -0.600. The van der Waals surface area contributed by atoms with E-state index in [1.54, 1.807) is 35.8 Å². The molecule has 0 fully saturated rings. The van der Waals surface area contributed by atoms with Crippen LogP contribution in [0.25, 0.3) is 0 Å². The third-order valence-electron chi connectivity index (χ3n) is 3.35. The lowest BCUT2D eigenvalue weighted by molar-refractivity contribution is 0.124. The molecule has 0 heterocycles. The van der Waals surface area contributed by atoms with Gasteiger partial charge in [-0.25, -0.2) is 0 Å². The molecule has 0 spiro atoms. The van der Waals surface area contributed by atoms with E-state index in [1.807, 2.05) is 77.9 Å². The summed E-state index contributed by atoms with van der Waals surface area (Å²) in [7, 11) is 6.52. The molecule has 0 bridgehead atoms. The van der Waals surface area contributed by atoms with E-state index in [1.165, 1.54) is 0 Å². The highest BCUT2D eigenvalue weighted by atomic mass is 33.1. The molecule has 154 valence electrons. The van der Waals surface area contributed by atoms with Gasteiger partial charge in [0.1, 0.15) is 11.2 Å². The molecule has 0 aliphatic heterocycles. The average molecular weight is 423 g/mol. The van der Waals surface area contributed by atoms with Crippen LogP contribution in [0.2, 0.25) is 0 Å². The number of hydrogen-bond acceptors (Lipinski definition) is 6. The minimum Gasteiger partial charge on any atom is -0.492 e. The fraction of sp³-hybridized carbons (Fsp3) is 0.455. The topological polar surface area (TPSA) is 36.9 Å². The second-order valence-corrected chi connectivity index (χ2v) is 10.4. The van der Waals surface area contributed by atoms with Crippen molar-refractivity contribution < 1.29 is 18.9 Å². The van der Waals surface area contributed by atoms with E-state index in [4.69, 9.17) is 18.9 Å². The van der Waals surface area contributed by atoms with E-state index in [0.29, 0.717) is 0 Å². The Morgan fingerprint density at radius 3 is 1.25 bits per heavy atom. The van der Waals surface area contributed by atoms with Gasteiger partial charge in [-0.1, -0.05) is 12.1 Å². The Balaban J connectivity index is 2.27. The zero-order valence-corrected chi connectivity index (χ0v) is 19.5. The molecule has 0 saturated heterocycles. The van der Waals surface area contributed by atoms with Crippen molar-refractivity contribution >= 4 is 21.6 Å².